The van der Waals surface area contributed by atoms with Gasteiger partial charge >= 0.3 is 0 Å². The molecule has 0 atom stereocenters. The van der Waals surface area contributed by atoms with Crippen LogP contribution in [0.5, 0.6) is 0 Å². The summed E-state index contributed by atoms with van der Waals surface area (Å²) in [5.41, 5.74) is 2.79. The van der Waals surface area contributed by atoms with Gasteiger partial charge < -0.3 is 0 Å². The topological polar surface area (TPSA) is 0 Å². The van der Waals surface area contributed by atoms with Crippen molar-refractivity contribution in [2.24, 2.45) is 0 Å². The molecular weight excluding hydrogens is 180 g/mol. The maximum Gasteiger partial charge on any atom is 0 e. The molecular formula is C11H11Ti-. The van der Waals surface area contributed by atoms with Crippen LogP contribution in [0.4, 0.5) is 0 Å². The van der Waals surface area contributed by atoms with Gasteiger partial charge in [0.05, 0.1) is 0 Å². The molecule has 2 rings (SSSR count). The van der Waals surface area contributed by atoms with Crippen LogP contribution in [0.3, 0.4) is 0 Å². The van der Waals surface area contributed by atoms with E-state index in [0.29, 0.717) is 0 Å². The van der Waals surface area contributed by atoms with Crippen molar-refractivity contribution in [1.29, 1.82) is 0 Å². The fourth-order valence-corrected chi connectivity index (χ4v) is 1.47. The Morgan fingerprint density at radius 2 is 1.83 bits per heavy atom. The van der Waals surface area contributed by atoms with E-state index in [1.165, 1.54) is 21.9 Å². The Morgan fingerprint density at radius 1 is 1.08 bits per heavy atom. The summed E-state index contributed by atoms with van der Waals surface area (Å²) in [4.78, 5) is 0. The Balaban J connectivity index is 0.000000720. The van der Waals surface area contributed by atoms with Crippen LogP contribution in [0.25, 0.3) is 10.8 Å². The van der Waals surface area contributed by atoms with E-state index in [1.807, 2.05) is 0 Å². The quantitative estimate of drug-likeness (QED) is 0.443. The molecule has 0 fully saturated rings. The predicted octanol–water partition coefficient (Wildman–Crippen LogP) is 3.17. The molecule has 0 aliphatic heterocycles. The molecule has 0 spiro atoms. The van der Waals surface area contributed by atoms with Crippen LogP contribution in [0.1, 0.15) is 11.1 Å². The molecule has 0 bridgehead atoms. The van der Waals surface area contributed by atoms with Gasteiger partial charge in [0.15, 0.2) is 0 Å². The van der Waals surface area contributed by atoms with E-state index in [2.05, 4.69) is 44.2 Å². The monoisotopic (exact) mass is 191 g/mol. The number of hydrogen-bond donors (Lipinski definition) is 0. The van der Waals surface area contributed by atoms with E-state index in [-0.39, 0.29) is 21.7 Å². The largest absolute Gasteiger partial charge is 0.168 e. The van der Waals surface area contributed by atoms with E-state index in [9.17, 15) is 0 Å². The fourth-order valence-electron chi connectivity index (χ4n) is 1.47. The number of fused-ring (bicyclic) bond motifs is 1. The molecule has 0 aliphatic carbocycles. The summed E-state index contributed by atoms with van der Waals surface area (Å²) in [6, 6.07) is 10.8. The first-order valence-electron chi connectivity index (χ1n) is 3.90. The van der Waals surface area contributed by atoms with Crippen LogP contribution in [-0.2, 0) is 21.7 Å². The van der Waals surface area contributed by atoms with E-state index in [0.717, 1.165) is 0 Å². The van der Waals surface area contributed by atoms with Crippen molar-refractivity contribution in [2.45, 2.75) is 13.8 Å². The zero-order chi connectivity index (χ0) is 7.84. The summed E-state index contributed by atoms with van der Waals surface area (Å²) in [5.74, 6) is 0. The van der Waals surface area contributed by atoms with Crippen LogP contribution in [0.2, 0.25) is 0 Å². The summed E-state index contributed by atoms with van der Waals surface area (Å²) in [7, 11) is 0. The van der Waals surface area contributed by atoms with Crippen LogP contribution in [-0.4, -0.2) is 0 Å². The molecule has 0 heterocycles. The van der Waals surface area contributed by atoms with Gasteiger partial charge in [-0.15, -0.1) is 29.0 Å². The molecule has 0 unspecified atom stereocenters. The summed E-state index contributed by atoms with van der Waals surface area (Å²) in [5, 5.41) is 2.75. The van der Waals surface area contributed by atoms with Gasteiger partial charge in [-0.25, -0.2) is 0 Å². The molecule has 0 saturated heterocycles. The zero-order valence-corrected chi connectivity index (χ0v) is 8.95. The first-order valence-corrected chi connectivity index (χ1v) is 3.90. The molecule has 0 radical (unpaired) electrons. The van der Waals surface area contributed by atoms with Gasteiger partial charge in [0.25, 0.3) is 0 Å². The van der Waals surface area contributed by atoms with Crippen molar-refractivity contribution in [3.05, 3.63) is 41.5 Å². The molecule has 0 N–H and O–H groups in total. The van der Waals surface area contributed by atoms with Crippen molar-refractivity contribution in [3.63, 3.8) is 0 Å². The minimum atomic E-state index is 0. The molecule has 0 saturated carbocycles. The van der Waals surface area contributed by atoms with Crippen molar-refractivity contribution in [3.8, 4) is 0 Å². The van der Waals surface area contributed by atoms with Crippen LogP contribution in [0, 0.1) is 13.8 Å². The Morgan fingerprint density at radius 3 is 2.58 bits per heavy atom. The normalized spacial score (nSPS) is 9.83. The summed E-state index contributed by atoms with van der Waals surface area (Å²) < 4.78 is 0. The Labute approximate surface area is 87.8 Å². The number of rotatable bonds is 0. The third kappa shape index (κ3) is 1.37. The average molecular weight is 191 g/mol. The summed E-state index contributed by atoms with van der Waals surface area (Å²) in [6.07, 6.45) is 0. The Kier molecular flexibility index (Phi) is 2.82. The number of hydrogen-bond acceptors (Lipinski definition) is 0. The van der Waals surface area contributed by atoms with Crippen LogP contribution < -0.4 is 0 Å². The molecule has 60 valence electrons. The number of benzene rings is 1. The minimum absolute atomic E-state index is 0. The van der Waals surface area contributed by atoms with Crippen LogP contribution >= 0.6 is 0 Å². The second kappa shape index (κ2) is 3.51. The van der Waals surface area contributed by atoms with Gasteiger partial charge in [0.1, 0.15) is 0 Å². The standard InChI is InChI=1S/C11H11.Ti/c1-8-6-7-10-4-3-5-11(10)9(8)2;/h3-7H,1-2H3;/q-1;. The van der Waals surface area contributed by atoms with Crippen molar-refractivity contribution in [1.82, 2.24) is 0 Å². The van der Waals surface area contributed by atoms with Gasteiger partial charge in [-0.3, -0.25) is 0 Å². The van der Waals surface area contributed by atoms with Crippen molar-refractivity contribution >= 4 is 10.8 Å². The maximum absolute atomic E-state index is 2.18. The second-order valence-electron chi connectivity index (χ2n) is 3.04. The van der Waals surface area contributed by atoms with Crippen LogP contribution in [0.15, 0.2) is 30.3 Å². The molecule has 0 amide bonds. The van der Waals surface area contributed by atoms with Crippen molar-refractivity contribution < 1.29 is 21.7 Å². The molecule has 1 heteroatoms. The summed E-state index contributed by atoms with van der Waals surface area (Å²) >= 11 is 0. The molecule has 2 aromatic rings. The first-order chi connectivity index (χ1) is 5.29. The van der Waals surface area contributed by atoms with Crippen molar-refractivity contribution in [2.75, 3.05) is 0 Å². The Hall–Kier alpha value is -0.456. The van der Waals surface area contributed by atoms with Gasteiger partial charge in [0, 0.05) is 21.7 Å². The van der Waals surface area contributed by atoms with E-state index >= 15 is 0 Å². The minimum Gasteiger partial charge on any atom is -0.168 e. The van der Waals surface area contributed by atoms with Gasteiger partial charge in [-0.05, 0) is 13.8 Å². The molecule has 12 heavy (non-hydrogen) atoms. The van der Waals surface area contributed by atoms with Gasteiger partial charge in [0.2, 0.25) is 0 Å². The second-order valence-corrected chi connectivity index (χ2v) is 3.04. The maximum atomic E-state index is 2.18. The smallest absolute Gasteiger partial charge is 0 e. The SMILES string of the molecule is Cc1ccc2[cH-]ccc2c1C.[Ti]. The van der Waals surface area contributed by atoms with Gasteiger partial charge in [-0.2, -0.15) is 12.1 Å². The average Bonchev–Trinajstić information content (AvgIpc) is 2.45. The molecule has 0 aromatic heterocycles. The molecule has 0 nitrogen and oxygen atoms in total. The fraction of sp³-hybridized carbons (Fsp3) is 0.182. The van der Waals surface area contributed by atoms with Gasteiger partial charge in [-0.1, -0.05) is 11.1 Å². The molecule has 0 aliphatic rings. The predicted molar refractivity (Wildman–Crippen MR) is 49.0 cm³/mol. The molecule has 2 aromatic carbocycles. The van der Waals surface area contributed by atoms with E-state index in [4.69, 9.17) is 0 Å². The zero-order valence-electron chi connectivity index (χ0n) is 7.39. The van der Waals surface area contributed by atoms with E-state index < -0.39 is 0 Å². The third-order valence-corrected chi connectivity index (χ3v) is 2.36. The summed E-state index contributed by atoms with van der Waals surface area (Å²) in [6.45, 7) is 4.33. The number of aryl methyl sites for hydroxylation is 2. The van der Waals surface area contributed by atoms with E-state index in [1.54, 1.807) is 0 Å². The first kappa shape index (κ1) is 9.63. The Bertz CT molecular complexity index is 385. The third-order valence-electron chi connectivity index (χ3n) is 2.36.